The second kappa shape index (κ2) is 10.2. The van der Waals surface area contributed by atoms with Crippen molar-refractivity contribution in [2.75, 3.05) is 45.0 Å². The highest BCUT2D eigenvalue weighted by molar-refractivity contribution is 8.00. The van der Waals surface area contributed by atoms with Crippen molar-refractivity contribution in [3.63, 3.8) is 0 Å². The van der Waals surface area contributed by atoms with Crippen molar-refractivity contribution in [3.8, 4) is 0 Å². The minimum Gasteiger partial charge on any atom is -0.342 e. The molecule has 0 spiro atoms. The van der Waals surface area contributed by atoms with Crippen molar-refractivity contribution < 1.29 is 22.4 Å². The first-order valence-corrected chi connectivity index (χ1v) is 13.3. The molecule has 2 aliphatic rings. The molecule has 0 N–H and O–H groups in total. The number of carbonyl (C=O) groups excluding carboxylic acids is 2. The largest absolute Gasteiger partial charge is 0.342 e. The normalized spacial score (nSPS) is 17.4. The van der Waals surface area contributed by atoms with Crippen LogP contribution < -0.4 is 0 Å². The third-order valence-corrected chi connectivity index (χ3v) is 8.88. The van der Waals surface area contributed by atoms with Crippen molar-refractivity contribution in [3.05, 3.63) is 59.9 Å². The number of likely N-dealkylation sites (tertiary alicyclic amines) is 1. The first-order valence-electron chi connectivity index (χ1n) is 10.9. The van der Waals surface area contributed by atoms with Crippen LogP contribution in [0.25, 0.3) is 0 Å². The van der Waals surface area contributed by atoms with Crippen molar-refractivity contribution in [2.24, 2.45) is 0 Å². The first-order chi connectivity index (χ1) is 15.9. The summed E-state index contributed by atoms with van der Waals surface area (Å²) in [6, 6.07) is 11.9. The number of nitrogens with zero attached hydrogens (tertiary/aromatic N) is 3. The van der Waals surface area contributed by atoms with E-state index < -0.39 is 15.8 Å². The van der Waals surface area contributed by atoms with E-state index in [0.717, 1.165) is 43.0 Å². The SMILES string of the molecule is O=C(CSc1ccccc1C(=O)N1CCN(S(=O)(=O)c2ccc(F)cc2)CC1)N1CCCC1. The van der Waals surface area contributed by atoms with Gasteiger partial charge >= 0.3 is 0 Å². The monoisotopic (exact) mass is 491 g/mol. The molecule has 0 radical (unpaired) electrons. The third kappa shape index (κ3) is 5.39. The summed E-state index contributed by atoms with van der Waals surface area (Å²) in [4.78, 5) is 29.9. The standard InChI is InChI=1S/C23H26FN3O4S2/c24-18-7-9-19(10-8-18)33(30,31)27-15-13-26(14-16-27)23(29)20-5-1-2-6-21(20)32-17-22(28)25-11-3-4-12-25/h1-2,5-10H,3-4,11-17H2. The summed E-state index contributed by atoms with van der Waals surface area (Å²) in [6.07, 6.45) is 2.07. The van der Waals surface area contributed by atoms with Gasteiger partial charge in [0.25, 0.3) is 5.91 Å². The number of halogens is 1. The Morgan fingerprint density at radius 1 is 0.848 bits per heavy atom. The van der Waals surface area contributed by atoms with Crippen molar-refractivity contribution in [2.45, 2.75) is 22.6 Å². The number of piperazine rings is 1. The van der Waals surface area contributed by atoms with Crippen LogP contribution in [0, 0.1) is 5.82 Å². The summed E-state index contributed by atoms with van der Waals surface area (Å²) < 4.78 is 40.1. The van der Waals surface area contributed by atoms with Gasteiger partial charge in [-0.15, -0.1) is 11.8 Å². The van der Waals surface area contributed by atoms with E-state index in [1.165, 1.54) is 28.2 Å². The van der Waals surface area contributed by atoms with E-state index in [0.29, 0.717) is 5.56 Å². The van der Waals surface area contributed by atoms with Gasteiger partial charge in [-0.25, -0.2) is 12.8 Å². The lowest BCUT2D eigenvalue weighted by Crippen LogP contribution is -2.50. The van der Waals surface area contributed by atoms with Crippen LogP contribution in [0.5, 0.6) is 0 Å². The molecule has 2 aromatic carbocycles. The number of amides is 2. The minimum atomic E-state index is -3.74. The second-order valence-corrected chi connectivity index (χ2v) is 11.0. The zero-order valence-electron chi connectivity index (χ0n) is 18.2. The summed E-state index contributed by atoms with van der Waals surface area (Å²) >= 11 is 1.36. The van der Waals surface area contributed by atoms with E-state index in [1.807, 2.05) is 17.0 Å². The molecule has 33 heavy (non-hydrogen) atoms. The summed E-state index contributed by atoms with van der Waals surface area (Å²) in [6.45, 7) is 2.43. The number of rotatable bonds is 6. The molecule has 0 atom stereocenters. The minimum absolute atomic E-state index is 0.0353. The summed E-state index contributed by atoms with van der Waals surface area (Å²) in [5.74, 6) is -0.304. The van der Waals surface area contributed by atoms with Crippen LogP contribution in [-0.4, -0.2) is 79.4 Å². The van der Waals surface area contributed by atoms with Gasteiger partial charge in [-0.2, -0.15) is 4.31 Å². The third-order valence-electron chi connectivity index (χ3n) is 5.90. The van der Waals surface area contributed by atoms with Gasteiger partial charge < -0.3 is 9.80 Å². The van der Waals surface area contributed by atoms with E-state index in [2.05, 4.69) is 0 Å². The number of benzene rings is 2. The molecular formula is C23H26FN3O4S2. The Labute approximate surface area is 197 Å². The molecule has 2 aromatic rings. The molecule has 0 saturated carbocycles. The molecule has 10 heteroatoms. The van der Waals surface area contributed by atoms with Crippen LogP contribution in [0.4, 0.5) is 4.39 Å². The van der Waals surface area contributed by atoms with Gasteiger partial charge in [0.05, 0.1) is 16.2 Å². The van der Waals surface area contributed by atoms with Crippen LogP contribution >= 0.6 is 11.8 Å². The second-order valence-electron chi connectivity index (χ2n) is 8.02. The fourth-order valence-electron chi connectivity index (χ4n) is 4.02. The van der Waals surface area contributed by atoms with Gasteiger partial charge in [0.15, 0.2) is 0 Å². The van der Waals surface area contributed by atoms with E-state index >= 15 is 0 Å². The van der Waals surface area contributed by atoms with Gasteiger partial charge in [0, 0.05) is 44.2 Å². The predicted octanol–water partition coefficient (Wildman–Crippen LogP) is 2.69. The molecule has 2 heterocycles. The lowest BCUT2D eigenvalue weighted by Gasteiger charge is -2.34. The van der Waals surface area contributed by atoms with Gasteiger partial charge in [0.1, 0.15) is 5.82 Å². The fourth-order valence-corrected chi connectivity index (χ4v) is 6.39. The molecule has 2 saturated heterocycles. The van der Waals surface area contributed by atoms with Gasteiger partial charge in [0.2, 0.25) is 15.9 Å². The fraction of sp³-hybridized carbons (Fsp3) is 0.391. The Morgan fingerprint density at radius 3 is 2.15 bits per heavy atom. The number of hydrogen-bond donors (Lipinski definition) is 0. The highest BCUT2D eigenvalue weighted by Gasteiger charge is 2.31. The summed E-state index contributed by atoms with van der Waals surface area (Å²) in [5, 5.41) is 0. The number of carbonyl (C=O) groups is 2. The Balaban J connectivity index is 1.38. The van der Waals surface area contributed by atoms with Gasteiger partial charge in [-0.05, 0) is 49.2 Å². The lowest BCUT2D eigenvalue weighted by atomic mass is 10.2. The average Bonchev–Trinajstić information content (AvgIpc) is 3.38. The molecule has 0 unspecified atom stereocenters. The lowest BCUT2D eigenvalue weighted by molar-refractivity contribution is -0.127. The van der Waals surface area contributed by atoms with Crippen LogP contribution in [0.3, 0.4) is 0 Å². The molecule has 176 valence electrons. The number of sulfonamides is 1. The maximum Gasteiger partial charge on any atom is 0.255 e. The van der Waals surface area contributed by atoms with Crippen molar-refractivity contribution in [1.29, 1.82) is 0 Å². The van der Waals surface area contributed by atoms with E-state index in [9.17, 15) is 22.4 Å². The Hall–Kier alpha value is -2.43. The maximum absolute atomic E-state index is 13.2. The zero-order valence-corrected chi connectivity index (χ0v) is 19.8. The molecule has 2 fully saturated rings. The highest BCUT2D eigenvalue weighted by atomic mass is 32.2. The Bertz CT molecular complexity index is 1110. The van der Waals surface area contributed by atoms with E-state index in [4.69, 9.17) is 0 Å². The Kier molecular flexibility index (Phi) is 7.35. The van der Waals surface area contributed by atoms with Crippen LogP contribution in [-0.2, 0) is 14.8 Å². The molecule has 2 aliphatic heterocycles. The molecule has 0 aliphatic carbocycles. The van der Waals surface area contributed by atoms with Crippen molar-refractivity contribution >= 4 is 33.6 Å². The van der Waals surface area contributed by atoms with E-state index in [1.54, 1.807) is 17.0 Å². The van der Waals surface area contributed by atoms with Crippen LogP contribution in [0.2, 0.25) is 0 Å². The highest BCUT2D eigenvalue weighted by Crippen LogP contribution is 2.26. The van der Waals surface area contributed by atoms with Gasteiger partial charge in [-0.1, -0.05) is 12.1 Å². The first kappa shape index (κ1) is 23.7. The molecule has 0 bridgehead atoms. The zero-order chi connectivity index (χ0) is 23.4. The number of thioether (sulfide) groups is 1. The molecule has 4 rings (SSSR count). The molecular weight excluding hydrogens is 465 g/mol. The average molecular weight is 492 g/mol. The number of hydrogen-bond acceptors (Lipinski definition) is 5. The quantitative estimate of drug-likeness (QED) is 0.581. The smallest absolute Gasteiger partial charge is 0.255 e. The molecule has 0 aromatic heterocycles. The van der Waals surface area contributed by atoms with E-state index in [-0.39, 0.29) is 48.6 Å². The molecule has 7 nitrogen and oxygen atoms in total. The maximum atomic E-state index is 13.2. The predicted molar refractivity (Wildman–Crippen MR) is 124 cm³/mol. The summed E-state index contributed by atoms with van der Waals surface area (Å²) in [7, 11) is -3.74. The Morgan fingerprint density at radius 2 is 1.48 bits per heavy atom. The van der Waals surface area contributed by atoms with Crippen LogP contribution in [0.15, 0.2) is 58.3 Å². The topological polar surface area (TPSA) is 78.0 Å². The molecule has 2 amide bonds. The van der Waals surface area contributed by atoms with Crippen LogP contribution in [0.1, 0.15) is 23.2 Å². The summed E-state index contributed by atoms with van der Waals surface area (Å²) in [5.41, 5.74) is 0.520. The van der Waals surface area contributed by atoms with Gasteiger partial charge in [-0.3, -0.25) is 9.59 Å². The van der Waals surface area contributed by atoms with Crippen molar-refractivity contribution in [1.82, 2.24) is 14.1 Å².